The summed E-state index contributed by atoms with van der Waals surface area (Å²) in [7, 11) is 1.58. The number of rotatable bonds is 4. The molecular formula is C19H18ClN5O. The highest BCUT2D eigenvalue weighted by Gasteiger charge is 2.15. The van der Waals surface area contributed by atoms with Crippen LogP contribution in [-0.4, -0.2) is 40.1 Å². The summed E-state index contributed by atoms with van der Waals surface area (Å²) in [5.41, 5.74) is 2.21. The lowest BCUT2D eigenvalue weighted by atomic mass is 10.2. The fourth-order valence-corrected chi connectivity index (χ4v) is 3.20. The number of methoxy groups -OCH3 is 1. The molecule has 0 N–H and O–H groups in total. The van der Waals surface area contributed by atoms with E-state index in [-0.39, 0.29) is 0 Å². The van der Waals surface area contributed by atoms with E-state index in [4.69, 9.17) is 16.3 Å². The summed E-state index contributed by atoms with van der Waals surface area (Å²) in [6, 6.07) is 9.48. The van der Waals surface area contributed by atoms with Gasteiger partial charge in [-0.15, -0.1) is 0 Å². The zero-order valence-corrected chi connectivity index (χ0v) is 15.1. The number of aromatic nitrogens is 4. The minimum Gasteiger partial charge on any atom is -0.479 e. The highest BCUT2D eigenvalue weighted by molar-refractivity contribution is 6.29. The van der Waals surface area contributed by atoms with Gasteiger partial charge in [0.15, 0.2) is 5.82 Å². The fraction of sp³-hybridized carbons (Fsp3) is 0.263. The Morgan fingerprint density at radius 3 is 2.46 bits per heavy atom. The van der Waals surface area contributed by atoms with Gasteiger partial charge in [0.05, 0.1) is 18.1 Å². The average molecular weight is 368 g/mol. The molecule has 0 saturated carbocycles. The smallest absolute Gasteiger partial charge is 0.240 e. The molecule has 3 aromatic rings. The van der Waals surface area contributed by atoms with E-state index >= 15 is 0 Å². The summed E-state index contributed by atoms with van der Waals surface area (Å²) in [6.45, 7) is 2.00. The van der Waals surface area contributed by atoms with Gasteiger partial charge in [-0.2, -0.15) is 0 Å². The van der Waals surface area contributed by atoms with E-state index in [0.717, 1.165) is 29.9 Å². The monoisotopic (exact) mass is 367 g/mol. The number of halogens is 1. The van der Waals surface area contributed by atoms with Crippen LogP contribution in [0.2, 0.25) is 5.15 Å². The van der Waals surface area contributed by atoms with Crippen LogP contribution in [0.25, 0.3) is 23.2 Å². The number of para-hydroxylation sites is 2. The SMILES string of the molecule is COc1nc2ccccc2nc1C=Cc1nc(Cl)cc(N2CCCC2)n1. The molecular weight excluding hydrogens is 350 g/mol. The first kappa shape index (κ1) is 16.7. The molecule has 7 heteroatoms. The number of ether oxygens (including phenoxy) is 1. The Bertz CT molecular complexity index is 969. The lowest BCUT2D eigenvalue weighted by Crippen LogP contribution is -2.19. The molecule has 0 radical (unpaired) electrons. The molecule has 1 aliphatic heterocycles. The summed E-state index contributed by atoms with van der Waals surface area (Å²) in [5, 5.41) is 0.429. The van der Waals surface area contributed by atoms with Crippen LogP contribution in [-0.2, 0) is 0 Å². The second-order valence-corrected chi connectivity index (χ2v) is 6.43. The zero-order valence-electron chi connectivity index (χ0n) is 14.4. The number of hydrogen-bond donors (Lipinski definition) is 0. The van der Waals surface area contributed by atoms with E-state index in [1.165, 1.54) is 12.8 Å². The predicted molar refractivity (Wildman–Crippen MR) is 104 cm³/mol. The molecule has 0 amide bonds. The van der Waals surface area contributed by atoms with Crippen molar-refractivity contribution in [3.8, 4) is 5.88 Å². The van der Waals surface area contributed by atoms with Gasteiger partial charge in [-0.1, -0.05) is 23.7 Å². The maximum Gasteiger partial charge on any atom is 0.240 e. The first-order chi connectivity index (χ1) is 12.7. The Balaban J connectivity index is 1.68. The normalized spacial score (nSPS) is 14.5. The van der Waals surface area contributed by atoms with E-state index in [9.17, 15) is 0 Å². The Hall–Kier alpha value is -2.73. The Kier molecular flexibility index (Phi) is 4.67. The zero-order chi connectivity index (χ0) is 17.9. The summed E-state index contributed by atoms with van der Waals surface area (Å²) in [4.78, 5) is 20.2. The van der Waals surface area contributed by atoms with Gasteiger partial charge < -0.3 is 9.64 Å². The van der Waals surface area contributed by atoms with Crippen molar-refractivity contribution in [1.29, 1.82) is 0 Å². The van der Waals surface area contributed by atoms with Gasteiger partial charge in [0.25, 0.3) is 0 Å². The minimum atomic E-state index is 0.429. The van der Waals surface area contributed by atoms with Gasteiger partial charge in [-0.05, 0) is 37.1 Å². The largest absolute Gasteiger partial charge is 0.479 e. The summed E-state index contributed by atoms with van der Waals surface area (Å²) < 4.78 is 5.37. The highest BCUT2D eigenvalue weighted by Crippen LogP contribution is 2.23. The molecule has 1 aliphatic rings. The van der Waals surface area contributed by atoms with Crippen LogP contribution in [0, 0.1) is 0 Å². The van der Waals surface area contributed by atoms with Crippen LogP contribution in [0.15, 0.2) is 30.3 Å². The standard InChI is InChI=1S/C19H18ClN5O/c1-26-19-15(21-13-6-2-3-7-14(13)22-19)8-9-17-23-16(20)12-18(24-17)25-10-4-5-11-25/h2-3,6-9,12H,4-5,10-11H2,1H3. The van der Waals surface area contributed by atoms with Crippen LogP contribution in [0.1, 0.15) is 24.4 Å². The molecule has 4 rings (SSSR count). The number of anilines is 1. The Morgan fingerprint density at radius 1 is 1.00 bits per heavy atom. The molecule has 2 aromatic heterocycles. The third kappa shape index (κ3) is 3.46. The van der Waals surface area contributed by atoms with Crippen LogP contribution in [0.3, 0.4) is 0 Å². The Labute approximate surface area is 156 Å². The van der Waals surface area contributed by atoms with Crippen molar-refractivity contribution in [3.63, 3.8) is 0 Å². The van der Waals surface area contributed by atoms with Gasteiger partial charge in [0.2, 0.25) is 5.88 Å². The topological polar surface area (TPSA) is 64.0 Å². The lowest BCUT2D eigenvalue weighted by Gasteiger charge is -2.16. The van der Waals surface area contributed by atoms with Crippen LogP contribution in [0.5, 0.6) is 5.88 Å². The quantitative estimate of drug-likeness (QED) is 0.652. The highest BCUT2D eigenvalue weighted by atomic mass is 35.5. The van der Waals surface area contributed by atoms with Crippen molar-refractivity contribution < 1.29 is 4.74 Å². The predicted octanol–water partition coefficient (Wildman–Crippen LogP) is 3.85. The van der Waals surface area contributed by atoms with E-state index in [0.29, 0.717) is 22.6 Å². The first-order valence-corrected chi connectivity index (χ1v) is 8.89. The third-order valence-corrected chi connectivity index (χ3v) is 4.47. The van der Waals surface area contributed by atoms with E-state index in [1.807, 2.05) is 24.3 Å². The molecule has 26 heavy (non-hydrogen) atoms. The van der Waals surface area contributed by atoms with Crippen molar-refractivity contribution in [1.82, 2.24) is 19.9 Å². The molecule has 0 bridgehead atoms. The Morgan fingerprint density at radius 2 is 1.73 bits per heavy atom. The minimum absolute atomic E-state index is 0.429. The second kappa shape index (κ2) is 7.25. The number of hydrogen-bond acceptors (Lipinski definition) is 6. The number of benzene rings is 1. The number of nitrogens with zero attached hydrogens (tertiary/aromatic N) is 5. The first-order valence-electron chi connectivity index (χ1n) is 8.51. The van der Waals surface area contributed by atoms with Crippen molar-refractivity contribution in [3.05, 3.63) is 47.0 Å². The maximum atomic E-state index is 6.18. The second-order valence-electron chi connectivity index (χ2n) is 6.04. The number of fused-ring (bicyclic) bond motifs is 1. The van der Waals surface area contributed by atoms with E-state index < -0.39 is 0 Å². The molecule has 0 atom stereocenters. The molecule has 1 aromatic carbocycles. The van der Waals surface area contributed by atoms with Gasteiger partial charge in [-0.3, -0.25) is 0 Å². The lowest BCUT2D eigenvalue weighted by molar-refractivity contribution is 0.396. The van der Waals surface area contributed by atoms with Crippen molar-refractivity contribution >= 4 is 40.6 Å². The van der Waals surface area contributed by atoms with Crippen LogP contribution in [0.4, 0.5) is 5.82 Å². The van der Waals surface area contributed by atoms with Crippen LogP contribution < -0.4 is 9.64 Å². The summed E-state index contributed by atoms with van der Waals surface area (Å²) in [6.07, 6.45) is 5.94. The van der Waals surface area contributed by atoms with E-state index in [1.54, 1.807) is 25.3 Å². The summed E-state index contributed by atoms with van der Waals surface area (Å²) in [5.74, 6) is 1.86. The van der Waals surface area contributed by atoms with Crippen molar-refractivity contribution in [2.24, 2.45) is 0 Å². The van der Waals surface area contributed by atoms with Gasteiger partial charge >= 0.3 is 0 Å². The third-order valence-electron chi connectivity index (χ3n) is 4.28. The van der Waals surface area contributed by atoms with Gasteiger partial charge in [0, 0.05) is 19.2 Å². The summed E-state index contributed by atoms with van der Waals surface area (Å²) >= 11 is 6.18. The molecule has 3 heterocycles. The molecule has 0 spiro atoms. The van der Waals surface area contributed by atoms with Gasteiger partial charge in [0.1, 0.15) is 16.7 Å². The maximum absolute atomic E-state index is 6.18. The molecule has 1 fully saturated rings. The van der Waals surface area contributed by atoms with Gasteiger partial charge in [-0.25, -0.2) is 19.9 Å². The molecule has 1 saturated heterocycles. The van der Waals surface area contributed by atoms with Crippen molar-refractivity contribution in [2.75, 3.05) is 25.1 Å². The molecule has 6 nitrogen and oxygen atoms in total. The molecule has 0 aliphatic carbocycles. The van der Waals surface area contributed by atoms with Crippen LogP contribution >= 0.6 is 11.6 Å². The molecule has 0 unspecified atom stereocenters. The fourth-order valence-electron chi connectivity index (χ4n) is 3.02. The van der Waals surface area contributed by atoms with E-state index in [2.05, 4.69) is 24.8 Å². The molecule has 132 valence electrons. The average Bonchev–Trinajstić information content (AvgIpc) is 3.20. The van der Waals surface area contributed by atoms with Crippen molar-refractivity contribution in [2.45, 2.75) is 12.8 Å².